The molecule has 2 aromatic rings. The van der Waals surface area contributed by atoms with Gasteiger partial charge in [0, 0.05) is 11.8 Å². The zero-order valence-electron chi connectivity index (χ0n) is 18.6. The summed E-state index contributed by atoms with van der Waals surface area (Å²) in [5.41, 5.74) is -0.0975. The van der Waals surface area contributed by atoms with E-state index in [-0.39, 0.29) is 34.3 Å². The first-order valence-electron chi connectivity index (χ1n) is 10.2. The van der Waals surface area contributed by atoms with Crippen LogP contribution in [0.15, 0.2) is 36.4 Å². The first kappa shape index (κ1) is 23.9. The summed E-state index contributed by atoms with van der Waals surface area (Å²) in [6.07, 6.45) is -0.0132. The van der Waals surface area contributed by atoms with E-state index in [0.29, 0.717) is 12.1 Å². The van der Waals surface area contributed by atoms with Gasteiger partial charge in [-0.25, -0.2) is 14.5 Å². The number of hydrogen-bond acceptors (Lipinski definition) is 6. The average Bonchev–Trinajstić information content (AvgIpc) is 2.97. The number of amides is 4. The molecule has 1 aliphatic heterocycles. The number of imide groups is 1. The zero-order chi connectivity index (χ0) is 24.3. The lowest BCUT2D eigenvalue weighted by Gasteiger charge is -2.28. The number of anilines is 3. The van der Waals surface area contributed by atoms with Gasteiger partial charge >= 0.3 is 12.1 Å². The van der Waals surface area contributed by atoms with Crippen LogP contribution in [0.2, 0.25) is 5.02 Å². The smallest absolute Gasteiger partial charge is 0.411 e. The van der Waals surface area contributed by atoms with Gasteiger partial charge in [0.25, 0.3) is 5.91 Å². The first-order chi connectivity index (χ1) is 15.6. The van der Waals surface area contributed by atoms with Crippen molar-refractivity contribution in [3.8, 4) is 11.8 Å². The molecule has 0 atom stereocenters. The Morgan fingerprint density at radius 2 is 1.88 bits per heavy atom. The van der Waals surface area contributed by atoms with Crippen molar-refractivity contribution in [1.29, 1.82) is 5.26 Å². The highest BCUT2D eigenvalue weighted by atomic mass is 35.5. The number of ether oxygens (including phenoxy) is 2. The molecule has 1 saturated heterocycles. The molecule has 10 heteroatoms. The topological polar surface area (TPSA) is 112 Å². The largest absolute Gasteiger partial charge is 0.495 e. The van der Waals surface area contributed by atoms with Gasteiger partial charge in [0.2, 0.25) is 0 Å². The summed E-state index contributed by atoms with van der Waals surface area (Å²) in [6.45, 7) is 5.35. The monoisotopic (exact) mass is 470 g/mol. The molecule has 1 fully saturated rings. The highest BCUT2D eigenvalue weighted by Gasteiger charge is 2.52. The third kappa shape index (κ3) is 4.43. The van der Waals surface area contributed by atoms with Crippen LogP contribution in [0.25, 0.3) is 0 Å². The predicted octanol–water partition coefficient (Wildman–Crippen LogP) is 4.93. The van der Waals surface area contributed by atoms with Gasteiger partial charge in [0.05, 0.1) is 35.7 Å². The van der Waals surface area contributed by atoms with E-state index in [9.17, 15) is 19.6 Å². The Morgan fingerprint density at radius 3 is 2.52 bits per heavy atom. The van der Waals surface area contributed by atoms with Gasteiger partial charge in [-0.05, 0) is 50.6 Å². The van der Waals surface area contributed by atoms with E-state index in [0.717, 1.165) is 4.90 Å². The molecule has 9 nitrogen and oxygen atoms in total. The molecule has 0 unspecified atom stereocenters. The van der Waals surface area contributed by atoms with E-state index in [1.807, 2.05) is 13.0 Å². The second-order valence-electron chi connectivity index (χ2n) is 7.74. The van der Waals surface area contributed by atoms with Crippen molar-refractivity contribution >= 4 is 46.7 Å². The lowest BCUT2D eigenvalue weighted by molar-refractivity contribution is -0.120. The number of nitriles is 1. The van der Waals surface area contributed by atoms with Crippen LogP contribution in [0, 0.1) is 11.3 Å². The minimum atomic E-state index is -1.24. The van der Waals surface area contributed by atoms with E-state index >= 15 is 0 Å². The number of hydrogen-bond donors (Lipinski definition) is 1. The Labute approximate surface area is 196 Å². The molecule has 1 heterocycles. The SMILES string of the molecule is CCCOC(=O)Nc1cc(N2C(=O)N(c3ccc(C#N)c(OC)c3)C(=O)C2(C)C)ccc1Cl. The van der Waals surface area contributed by atoms with Gasteiger partial charge in [-0.1, -0.05) is 18.5 Å². The summed E-state index contributed by atoms with van der Waals surface area (Å²) in [4.78, 5) is 41.0. The number of rotatable bonds is 6. The van der Waals surface area contributed by atoms with Crippen LogP contribution in [0.4, 0.5) is 26.7 Å². The fourth-order valence-corrected chi connectivity index (χ4v) is 3.62. The third-order valence-corrected chi connectivity index (χ3v) is 5.44. The molecule has 0 spiro atoms. The summed E-state index contributed by atoms with van der Waals surface area (Å²) < 4.78 is 10.2. The molecular weight excluding hydrogens is 448 g/mol. The van der Waals surface area contributed by atoms with Crippen molar-refractivity contribution in [2.24, 2.45) is 0 Å². The molecule has 172 valence electrons. The van der Waals surface area contributed by atoms with E-state index < -0.39 is 23.6 Å². The highest BCUT2D eigenvalue weighted by Crippen LogP contribution is 2.39. The Hall–Kier alpha value is -3.77. The second-order valence-corrected chi connectivity index (χ2v) is 8.15. The number of nitrogens with zero attached hydrogens (tertiary/aromatic N) is 3. The van der Waals surface area contributed by atoms with Crippen LogP contribution in [-0.4, -0.2) is 37.3 Å². The maximum absolute atomic E-state index is 13.4. The fourth-order valence-electron chi connectivity index (χ4n) is 3.46. The number of nitrogens with one attached hydrogen (secondary N) is 1. The van der Waals surface area contributed by atoms with Gasteiger partial charge in [-0.2, -0.15) is 5.26 Å². The molecule has 0 bridgehead atoms. The van der Waals surface area contributed by atoms with Crippen molar-refractivity contribution in [2.45, 2.75) is 32.7 Å². The molecule has 0 saturated carbocycles. The van der Waals surface area contributed by atoms with Crippen molar-refractivity contribution in [3.63, 3.8) is 0 Å². The summed E-state index contributed by atoms with van der Waals surface area (Å²) >= 11 is 6.21. The summed E-state index contributed by atoms with van der Waals surface area (Å²) in [5.74, 6) is -0.221. The maximum Gasteiger partial charge on any atom is 0.411 e. The Balaban J connectivity index is 1.99. The molecule has 0 aliphatic carbocycles. The van der Waals surface area contributed by atoms with Crippen molar-refractivity contribution < 1.29 is 23.9 Å². The number of methoxy groups -OCH3 is 1. The molecule has 2 aromatic carbocycles. The molecule has 33 heavy (non-hydrogen) atoms. The Kier molecular flexibility index (Phi) is 6.79. The average molecular weight is 471 g/mol. The molecular formula is C23H23ClN4O5. The van der Waals surface area contributed by atoms with E-state index in [1.165, 1.54) is 42.3 Å². The van der Waals surface area contributed by atoms with Crippen molar-refractivity contribution in [2.75, 3.05) is 28.8 Å². The Morgan fingerprint density at radius 1 is 1.18 bits per heavy atom. The summed E-state index contributed by atoms with van der Waals surface area (Å²) in [7, 11) is 1.40. The molecule has 4 amide bonds. The van der Waals surface area contributed by atoms with Crippen LogP contribution < -0.4 is 19.9 Å². The van der Waals surface area contributed by atoms with Gasteiger partial charge in [0.1, 0.15) is 17.4 Å². The Bertz CT molecular complexity index is 1160. The summed E-state index contributed by atoms with van der Waals surface area (Å²) in [6, 6.07) is 10.5. The standard InChI is InChI=1S/C23H23ClN4O5/c1-5-10-33-21(30)26-18-11-16(8-9-17(18)24)28-22(31)27(20(29)23(28,2)3)15-7-6-14(13-25)19(12-15)32-4/h6-9,11-12H,5,10H2,1-4H3,(H,26,30). The second kappa shape index (κ2) is 9.38. The van der Waals surface area contributed by atoms with Crippen LogP contribution >= 0.6 is 11.6 Å². The highest BCUT2D eigenvalue weighted by molar-refractivity contribution is 6.34. The zero-order valence-corrected chi connectivity index (χ0v) is 19.4. The van der Waals surface area contributed by atoms with Crippen molar-refractivity contribution in [3.05, 3.63) is 47.0 Å². The fraction of sp³-hybridized carbons (Fsp3) is 0.304. The number of carbonyl (C=O) groups is 3. The normalized spacial score (nSPS) is 14.8. The van der Waals surface area contributed by atoms with Crippen LogP contribution in [0.3, 0.4) is 0 Å². The van der Waals surface area contributed by atoms with E-state index in [1.54, 1.807) is 19.9 Å². The van der Waals surface area contributed by atoms with Crippen molar-refractivity contribution in [1.82, 2.24) is 0 Å². The minimum absolute atomic E-state index is 0.241. The van der Waals surface area contributed by atoms with Gasteiger partial charge in [0.15, 0.2) is 0 Å². The number of benzene rings is 2. The lowest BCUT2D eigenvalue weighted by atomic mass is 10.0. The quantitative estimate of drug-likeness (QED) is 0.599. The van der Waals surface area contributed by atoms with Gasteiger partial charge in [-0.15, -0.1) is 0 Å². The molecule has 0 radical (unpaired) electrons. The number of urea groups is 1. The predicted molar refractivity (Wildman–Crippen MR) is 124 cm³/mol. The lowest BCUT2D eigenvalue weighted by Crippen LogP contribution is -2.44. The van der Waals surface area contributed by atoms with Gasteiger partial charge < -0.3 is 9.47 Å². The van der Waals surface area contributed by atoms with Crippen LogP contribution in [0.5, 0.6) is 5.75 Å². The van der Waals surface area contributed by atoms with Crippen LogP contribution in [0.1, 0.15) is 32.8 Å². The number of halogens is 1. The van der Waals surface area contributed by atoms with Crippen LogP contribution in [-0.2, 0) is 9.53 Å². The minimum Gasteiger partial charge on any atom is -0.495 e. The first-order valence-corrected chi connectivity index (χ1v) is 10.5. The molecule has 1 N–H and O–H groups in total. The summed E-state index contributed by atoms with van der Waals surface area (Å²) in [5, 5.41) is 12.0. The molecule has 0 aromatic heterocycles. The third-order valence-electron chi connectivity index (χ3n) is 5.11. The van der Waals surface area contributed by atoms with E-state index in [4.69, 9.17) is 21.1 Å². The van der Waals surface area contributed by atoms with E-state index in [2.05, 4.69) is 5.32 Å². The van der Waals surface area contributed by atoms with Gasteiger partial charge in [-0.3, -0.25) is 15.0 Å². The number of carbonyl (C=O) groups excluding carboxylic acids is 3. The maximum atomic E-state index is 13.4. The molecule has 3 rings (SSSR count). The molecule has 1 aliphatic rings.